The standard InChI is InChI=1S/C14H17N5O4/c1-8-15-12(23-16-8)9-4-5-19(7-9)13(21)10-6-11(20)18(3)14(22)17(10)2/h6,9H,4-5,7H2,1-3H3. The van der Waals surface area contributed by atoms with Gasteiger partial charge in [-0.15, -0.1) is 0 Å². The Morgan fingerprint density at radius 1 is 1.30 bits per heavy atom. The van der Waals surface area contributed by atoms with Crippen LogP contribution in [0.3, 0.4) is 0 Å². The molecule has 2 aromatic heterocycles. The summed E-state index contributed by atoms with van der Waals surface area (Å²) in [6, 6.07) is 1.19. The van der Waals surface area contributed by atoms with Gasteiger partial charge in [0.1, 0.15) is 5.69 Å². The van der Waals surface area contributed by atoms with E-state index in [2.05, 4.69) is 10.1 Å². The van der Waals surface area contributed by atoms with Gasteiger partial charge in [-0.1, -0.05) is 5.16 Å². The van der Waals surface area contributed by atoms with Gasteiger partial charge in [-0.3, -0.25) is 18.7 Å². The zero-order chi connectivity index (χ0) is 16.7. The minimum Gasteiger partial charge on any atom is -0.339 e. The molecule has 9 nitrogen and oxygen atoms in total. The van der Waals surface area contributed by atoms with E-state index in [0.29, 0.717) is 31.2 Å². The predicted octanol–water partition coefficient (Wildman–Crippen LogP) is -0.595. The summed E-state index contributed by atoms with van der Waals surface area (Å²) in [5.74, 6) is 0.694. The lowest BCUT2D eigenvalue weighted by molar-refractivity contribution is 0.0777. The lowest BCUT2D eigenvalue weighted by Crippen LogP contribution is -2.41. The average molecular weight is 319 g/mol. The maximum Gasteiger partial charge on any atom is 0.331 e. The molecule has 122 valence electrons. The van der Waals surface area contributed by atoms with Gasteiger partial charge < -0.3 is 9.42 Å². The zero-order valence-corrected chi connectivity index (χ0v) is 13.1. The van der Waals surface area contributed by atoms with Crippen LogP contribution in [-0.2, 0) is 14.1 Å². The molecule has 1 saturated heterocycles. The highest BCUT2D eigenvalue weighted by Crippen LogP contribution is 2.26. The maximum absolute atomic E-state index is 12.6. The van der Waals surface area contributed by atoms with Crippen molar-refractivity contribution in [3.8, 4) is 0 Å². The molecule has 0 bridgehead atoms. The maximum atomic E-state index is 12.6. The van der Waals surface area contributed by atoms with E-state index in [-0.39, 0.29) is 17.5 Å². The normalized spacial score (nSPS) is 17.7. The number of rotatable bonds is 2. The Bertz CT molecular complexity index is 878. The van der Waals surface area contributed by atoms with E-state index >= 15 is 0 Å². The molecule has 3 heterocycles. The SMILES string of the molecule is Cc1noc(C2CCN(C(=O)c3cc(=O)n(C)c(=O)n3C)C2)n1. The monoisotopic (exact) mass is 319 g/mol. The van der Waals surface area contributed by atoms with Crippen molar-refractivity contribution in [3.63, 3.8) is 0 Å². The van der Waals surface area contributed by atoms with Gasteiger partial charge in [0.2, 0.25) is 5.89 Å². The van der Waals surface area contributed by atoms with Gasteiger partial charge in [-0.25, -0.2) is 4.79 Å². The summed E-state index contributed by atoms with van der Waals surface area (Å²) in [5, 5.41) is 3.76. The van der Waals surface area contributed by atoms with Crippen molar-refractivity contribution in [2.45, 2.75) is 19.3 Å². The third-order valence-electron chi connectivity index (χ3n) is 4.11. The highest BCUT2D eigenvalue weighted by Gasteiger charge is 2.32. The van der Waals surface area contributed by atoms with Crippen molar-refractivity contribution in [2.24, 2.45) is 14.1 Å². The summed E-state index contributed by atoms with van der Waals surface area (Å²) in [6.45, 7) is 2.67. The molecule has 1 amide bonds. The van der Waals surface area contributed by atoms with E-state index in [0.717, 1.165) is 4.57 Å². The largest absolute Gasteiger partial charge is 0.339 e. The molecule has 1 aliphatic rings. The van der Waals surface area contributed by atoms with Crippen LogP contribution >= 0.6 is 0 Å². The number of amides is 1. The fourth-order valence-corrected chi connectivity index (χ4v) is 2.73. The number of nitrogens with zero attached hydrogens (tertiary/aromatic N) is 5. The molecule has 0 radical (unpaired) electrons. The van der Waals surface area contributed by atoms with Crippen molar-refractivity contribution >= 4 is 5.91 Å². The van der Waals surface area contributed by atoms with E-state index in [1.807, 2.05) is 0 Å². The third kappa shape index (κ3) is 2.58. The molecule has 0 aliphatic carbocycles. The van der Waals surface area contributed by atoms with E-state index in [1.165, 1.54) is 24.7 Å². The molecule has 9 heteroatoms. The first-order valence-electron chi connectivity index (χ1n) is 7.25. The van der Waals surface area contributed by atoms with Gasteiger partial charge >= 0.3 is 5.69 Å². The van der Waals surface area contributed by atoms with Crippen LogP contribution < -0.4 is 11.2 Å². The van der Waals surface area contributed by atoms with Crippen LogP contribution in [0.25, 0.3) is 0 Å². The quantitative estimate of drug-likeness (QED) is 0.732. The Hall–Kier alpha value is -2.71. The van der Waals surface area contributed by atoms with Crippen molar-refractivity contribution in [1.82, 2.24) is 24.2 Å². The second kappa shape index (κ2) is 5.49. The Morgan fingerprint density at radius 2 is 2.04 bits per heavy atom. The molecule has 0 N–H and O–H groups in total. The summed E-state index contributed by atoms with van der Waals surface area (Å²) < 4.78 is 7.30. The van der Waals surface area contributed by atoms with Crippen LogP contribution in [0.1, 0.15) is 34.5 Å². The minimum absolute atomic E-state index is 0.0243. The molecule has 2 aromatic rings. The van der Waals surface area contributed by atoms with Gasteiger partial charge in [-0.05, 0) is 13.3 Å². The smallest absolute Gasteiger partial charge is 0.331 e. The summed E-state index contributed by atoms with van der Waals surface area (Å²) in [4.78, 5) is 42.1. The number of likely N-dealkylation sites (tertiary alicyclic amines) is 1. The Kier molecular flexibility index (Phi) is 3.63. The molecule has 1 atom stereocenters. The fraction of sp³-hybridized carbons (Fsp3) is 0.500. The van der Waals surface area contributed by atoms with Gasteiger partial charge in [0.15, 0.2) is 5.82 Å². The van der Waals surface area contributed by atoms with Gasteiger partial charge in [0.05, 0.1) is 5.92 Å². The van der Waals surface area contributed by atoms with Gasteiger partial charge in [0, 0.05) is 33.3 Å². The summed E-state index contributed by atoms with van der Waals surface area (Å²) >= 11 is 0. The predicted molar refractivity (Wildman–Crippen MR) is 79.2 cm³/mol. The van der Waals surface area contributed by atoms with Crippen molar-refractivity contribution < 1.29 is 9.32 Å². The number of aryl methyl sites for hydroxylation is 1. The van der Waals surface area contributed by atoms with Crippen molar-refractivity contribution in [2.75, 3.05) is 13.1 Å². The van der Waals surface area contributed by atoms with Crippen LogP contribution in [0, 0.1) is 6.92 Å². The molecule has 1 aliphatic heterocycles. The zero-order valence-electron chi connectivity index (χ0n) is 13.1. The van der Waals surface area contributed by atoms with Gasteiger partial charge in [0.25, 0.3) is 11.5 Å². The first-order valence-corrected chi connectivity index (χ1v) is 7.25. The van der Waals surface area contributed by atoms with E-state index < -0.39 is 11.2 Å². The topological polar surface area (TPSA) is 103 Å². The average Bonchev–Trinajstić information content (AvgIpc) is 3.17. The fourth-order valence-electron chi connectivity index (χ4n) is 2.73. The minimum atomic E-state index is -0.524. The molecule has 0 saturated carbocycles. The molecule has 23 heavy (non-hydrogen) atoms. The van der Waals surface area contributed by atoms with E-state index in [1.54, 1.807) is 11.8 Å². The van der Waals surface area contributed by atoms with Crippen LogP contribution in [0.4, 0.5) is 0 Å². The number of aromatic nitrogens is 4. The summed E-state index contributed by atoms with van der Waals surface area (Å²) in [7, 11) is 2.85. The summed E-state index contributed by atoms with van der Waals surface area (Å²) in [5.41, 5.74) is -0.940. The van der Waals surface area contributed by atoms with E-state index in [4.69, 9.17) is 4.52 Å². The molecular formula is C14H17N5O4. The number of carbonyl (C=O) groups is 1. The van der Waals surface area contributed by atoms with E-state index in [9.17, 15) is 14.4 Å². The Labute approximate surface area is 131 Å². The van der Waals surface area contributed by atoms with Crippen LogP contribution in [0.15, 0.2) is 20.2 Å². The molecule has 0 aromatic carbocycles. The van der Waals surface area contributed by atoms with Gasteiger partial charge in [-0.2, -0.15) is 4.98 Å². The van der Waals surface area contributed by atoms with Crippen LogP contribution in [0.2, 0.25) is 0 Å². The second-order valence-corrected chi connectivity index (χ2v) is 5.69. The van der Waals surface area contributed by atoms with Crippen LogP contribution in [-0.4, -0.2) is 43.2 Å². The lowest BCUT2D eigenvalue weighted by Gasteiger charge is -2.17. The molecule has 1 unspecified atom stereocenters. The van der Waals surface area contributed by atoms with Crippen LogP contribution in [0.5, 0.6) is 0 Å². The molecular weight excluding hydrogens is 302 g/mol. The molecule has 0 spiro atoms. The van der Waals surface area contributed by atoms with Crippen molar-refractivity contribution in [3.05, 3.63) is 44.3 Å². The molecule has 3 rings (SSSR count). The lowest BCUT2D eigenvalue weighted by atomic mass is 10.1. The highest BCUT2D eigenvalue weighted by atomic mass is 16.5. The number of hydrogen-bond acceptors (Lipinski definition) is 6. The number of hydrogen-bond donors (Lipinski definition) is 0. The third-order valence-corrected chi connectivity index (χ3v) is 4.11. The Balaban J connectivity index is 1.85. The molecule has 1 fully saturated rings. The summed E-state index contributed by atoms with van der Waals surface area (Å²) in [6.07, 6.45) is 0.701. The first kappa shape index (κ1) is 15.2. The highest BCUT2D eigenvalue weighted by molar-refractivity contribution is 5.92. The first-order chi connectivity index (χ1) is 10.9. The second-order valence-electron chi connectivity index (χ2n) is 5.69. The van der Waals surface area contributed by atoms with Crippen molar-refractivity contribution in [1.29, 1.82) is 0 Å². The number of carbonyl (C=O) groups excluding carboxylic acids is 1. The Morgan fingerprint density at radius 3 is 2.70 bits per heavy atom.